The second-order valence-electron chi connectivity index (χ2n) is 10.4. The summed E-state index contributed by atoms with van der Waals surface area (Å²) in [7, 11) is -1.77. The SMILES string of the molecule is Cc1cc2c(cnn2-c2ccc(F)cc2)cc1C1(CC#CC2CC2)CCN(S(=O)(=O)C2=CN(C)NC2)C1. The summed E-state index contributed by atoms with van der Waals surface area (Å²) < 4.78 is 43.9. The number of aryl methyl sites for hydroxylation is 1. The second kappa shape index (κ2) is 8.98. The number of sulfonamides is 1. The van der Waals surface area contributed by atoms with Gasteiger partial charge in [-0.05, 0) is 73.7 Å². The molecule has 1 atom stereocenters. The largest absolute Gasteiger partial charge is 0.317 e. The van der Waals surface area contributed by atoms with Crippen LogP contribution in [0.1, 0.15) is 36.8 Å². The summed E-state index contributed by atoms with van der Waals surface area (Å²) in [5.41, 5.74) is 6.55. The van der Waals surface area contributed by atoms with Gasteiger partial charge in [0, 0.05) is 49.5 Å². The molecule has 0 bridgehead atoms. The predicted octanol–water partition coefficient (Wildman–Crippen LogP) is 3.84. The van der Waals surface area contributed by atoms with E-state index >= 15 is 0 Å². The van der Waals surface area contributed by atoms with Gasteiger partial charge in [0.2, 0.25) is 10.0 Å². The van der Waals surface area contributed by atoms with Crippen LogP contribution in [0.5, 0.6) is 0 Å². The first-order valence-corrected chi connectivity index (χ1v) is 14.1. The number of aromatic nitrogens is 2. The molecule has 3 heterocycles. The number of hydrogen-bond acceptors (Lipinski definition) is 5. The molecule has 1 saturated carbocycles. The van der Waals surface area contributed by atoms with Crippen molar-refractivity contribution in [3.63, 3.8) is 0 Å². The third kappa shape index (κ3) is 4.43. The van der Waals surface area contributed by atoms with E-state index in [1.54, 1.807) is 34.7 Å². The molecule has 1 N–H and O–H groups in total. The summed E-state index contributed by atoms with van der Waals surface area (Å²) in [6, 6.07) is 10.5. The Morgan fingerprint density at radius 3 is 2.70 bits per heavy atom. The van der Waals surface area contributed by atoms with Crippen LogP contribution in [0, 0.1) is 30.5 Å². The Bertz CT molecular complexity index is 1560. The Labute approximate surface area is 217 Å². The summed E-state index contributed by atoms with van der Waals surface area (Å²) in [5.74, 6) is 7.01. The first-order valence-electron chi connectivity index (χ1n) is 12.7. The summed E-state index contributed by atoms with van der Waals surface area (Å²) in [4.78, 5) is 0.391. The fourth-order valence-electron chi connectivity index (χ4n) is 5.46. The molecule has 192 valence electrons. The maximum absolute atomic E-state index is 13.5. The molecule has 9 heteroatoms. The molecule has 1 aliphatic carbocycles. The maximum atomic E-state index is 13.5. The molecule has 1 unspecified atom stereocenters. The van der Waals surface area contributed by atoms with Gasteiger partial charge in [0.15, 0.2) is 0 Å². The van der Waals surface area contributed by atoms with Crippen LogP contribution in [0.2, 0.25) is 0 Å². The summed E-state index contributed by atoms with van der Waals surface area (Å²) in [6.45, 7) is 3.23. The zero-order chi connectivity index (χ0) is 25.8. The van der Waals surface area contributed by atoms with Crippen LogP contribution in [0.15, 0.2) is 53.7 Å². The summed E-state index contributed by atoms with van der Waals surface area (Å²) >= 11 is 0. The zero-order valence-corrected chi connectivity index (χ0v) is 21.9. The first kappa shape index (κ1) is 24.2. The number of halogens is 1. The van der Waals surface area contributed by atoms with Crippen molar-refractivity contribution in [2.24, 2.45) is 5.92 Å². The molecule has 0 amide bonds. The van der Waals surface area contributed by atoms with Crippen molar-refractivity contribution in [1.29, 1.82) is 0 Å². The minimum Gasteiger partial charge on any atom is -0.317 e. The molecule has 3 aliphatic rings. The summed E-state index contributed by atoms with van der Waals surface area (Å²) in [5, 5.41) is 7.23. The molecule has 1 saturated heterocycles. The highest BCUT2D eigenvalue weighted by Crippen LogP contribution is 2.43. The smallest absolute Gasteiger partial charge is 0.242 e. The third-order valence-corrected chi connectivity index (χ3v) is 9.60. The fraction of sp³-hybridized carbons (Fsp3) is 0.393. The molecule has 0 radical (unpaired) electrons. The molecule has 0 spiro atoms. The van der Waals surface area contributed by atoms with Gasteiger partial charge in [-0.3, -0.25) is 0 Å². The quantitative estimate of drug-likeness (QED) is 0.519. The first-order chi connectivity index (χ1) is 17.7. The van der Waals surface area contributed by atoms with Gasteiger partial charge in [0.05, 0.1) is 28.9 Å². The van der Waals surface area contributed by atoms with E-state index in [9.17, 15) is 12.8 Å². The molecular formula is C28H30FN5O2S. The number of benzene rings is 2. The van der Waals surface area contributed by atoms with Crippen molar-refractivity contribution in [3.8, 4) is 17.5 Å². The molecule has 2 aliphatic heterocycles. The van der Waals surface area contributed by atoms with Gasteiger partial charge in [-0.2, -0.15) is 9.40 Å². The predicted molar refractivity (Wildman–Crippen MR) is 142 cm³/mol. The van der Waals surface area contributed by atoms with Crippen molar-refractivity contribution in [2.45, 2.75) is 38.0 Å². The molecule has 37 heavy (non-hydrogen) atoms. The molecule has 1 aromatic heterocycles. The highest BCUT2D eigenvalue weighted by atomic mass is 32.2. The van der Waals surface area contributed by atoms with Gasteiger partial charge >= 0.3 is 0 Å². The van der Waals surface area contributed by atoms with Crippen LogP contribution in [-0.2, 0) is 15.4 Å². The Morgan fingerprint density at radius 1 is 1.22 bits per heavy atom. The Kier molecular flexibility index (Phi) is 5.86. The van der Waals surface area contributed by atoms with Crippen LogP contribution in [0.4, 0.5) is 4.39 Å². The number of hydrogen-bond donors (Lipinski definition) is 1. The van der Waals surface area contributed by atoms with Crippen LogP contribution in [-0.4, -0.2) is 54.2 Å². The highest BCUT2D eigenvalue weighted by molar-refractivity contribution is 7.93. The van der Waals surface area contributed by atoms with E-state index in [4.69, 9.17) is 0 Å². The monoisotopic (exact) mass is 519 g/mol. The topological polar surface area (TPSA) is 70.5 Å². The molecular weight excluding hydrogens is 489 g/mol. The molecule has 6 rings (SSSR count). The minimum atomic E-state index is -3.58. The third-order valence-electron chi connectivity index (χ3n) is 7.70. The molecule has 3 aromatic rings. The van der Waals surface area contributed by atoms with Crippen LogP contribution in [0.3, 0.4) is 0 Å². The van der Waals surface area contributed by atoms with Gasteiger partial charge < -0.3 is 5.01 Å². The lowest BCUT2D eigenvalue weighted by Gasteiger charge is -2.30. The van der Waals surface area contributed by atoms with Crippen LogP contribution < -0.4 is 5.43 Å². The molecule has 2 fully saturated rings. The Hall–Kier alpha value is -3.19. The zero-order valence-electron chi connectivity index (χ0n) is 21.0. The lowest BCUT2D eigenvalue weighted by Crippen LogP contribution is -2.36. The van der Waals surface area contributed by atoms with Gasteiger partial charge in [-0.15, -0.1) is 5.92 Å². The molecule has 7 nitrogen and oxygen atoms in total. The lowest BCUT2D eigenvalue weighted by atomic mass is 9.75. The number of rotatable bonds is 5. The average Bonchev–Trinajstić information content (AvgIpc) is 3.23. The van der Waals surface area contributed by atoms with Crippen LogP contribution in [0.25, 0.3) is 16.6 Å². The van der Waals surface area contributed by atoms with E-state index in [1.165, 1.54) is 12.1 Å². The Morgan fingerprint density at radius 2 is 2.00 bits per heavy atom. The second-order valence-corrected chi connectivity index (χ2v) is 12.4. The maximum Gasteiger partial charge on any atom is 0.242 e. The van der Waals surface area contributed by atoms with Gasteiger partial charge in [-0.1, -0.05) is 5.92 Å². The number of nitrogens with zero attached hydrogens (tertiary/aromatic N) is 4. The number of hydrazine groups is 1. The lowest BCUT2D eigenvalue weighted by molar-refractivity contribution is 0.373. The minimum absolute atomic E-state index is 0.288. The normalized spacial score (nSPS) is 22.4. The van der Waals surface area contributed by atoms with E-state index in [0.29, 0.717) is 43.3 Å². The van der Waals surface area contributed by atoms with E-state index in [1.807, 2.05) is 10.9 Å². The van der Waals surface area contributed by atoms with Crippen molar-refractivity contribution in [3.05, 3.63) is 70.6 Å². The number of nitrogens with one attached hydrogen (secondary N) is 1. The van der Waals surface area contributed by atoms with Crippen molar-refractivity contribution in [1.82, 2.24) is 24.5 Å². The van der Waals surface area contributed by atoms with E-state index in [2.05, 4.69) is 41.4 Å². The number of fused-ring (bicyclic) bond motifs is 1. The van der Waals surface area contributed by atoms with Crippen molar-refractivity contribution >= 4 is 20.9 Å². The van der Waals surface area contributed by atoms with E-state index in [-0.39, 0.29) is 5.82 Å². The van der Waals surface area contributed by atoms with Gasteiger partial charge in [0.25, 0.3) is 0 Å². The van der Waals surface area contributed by atoms with E-state index in [0.717, 1.165) is 40.6 Å². The standard InChI is InChI=1S/C28H30FN5O2S/c1-20-14-27-22(16-31-34(27)24-9-7-23(29)8-10-24)15-26(20)28(11-3-4-21-5-6-21)12-13-33(19-28)37(35,36)25-17-30-32(2)18-25/h7-10,14-16,18,21,30H,5-6,11-13,17,19H2,1-2H3. The van der Waals surface area contributed by atoms with Gasteiger partial charge in [0.1, 0.15) is 5.82 Å². The highest BCUT2D eigenvalue weighted by Gasteiger charge is 2.45. The van der Waals surface area contributed by atoms with Gasteiger partial charge in [-0.25, -0.2) is 22.9 Å². The van der Waals surface area contributed by atoms with Crippen molar-refractivity contribution < 1.29 is 12.8 Å². The average molecular weight is 520 g/mol. The van der Waals surface area contributed by atoms with E-state index < -0.39 is 15.4 Å². The van der Waals surface area contributed by atoms with Crippen LogP contribution >= 0.6 is 0 Å². The summed E-state index contributed by atoms with van der Waals surface area (Å²) in [6.07, 6.45) is 7.11. The molecule has 2 aromatic carbocycles. The fourth-order valence-corrected chi connectivity index (χ4v) is 7.08. The van der Waals surface area contributed by atoms with Crippen molar-refractivity contribution in [2.75, 3.05) is 26.7 Å². The Balaban J connectivity index is 1.39.